The number of aromatic nitrogens is 3. The molecule has 6 aromatic carbocycles. The van der Waals surface area contributed by atoms with E-state index in [1.54, 1.807) is 6.20 Å². The minimum Gasteiger partial charge on any atom is -0.458 e. The molecule has 0 N–H and O–H groups in total. The van der Waals surface area contributed by atoms with Crippen molar-refractivity contribution in [3.63, 3.8) is 0 Å². The fourth-order valence-electron chi connectivity index (χ4n) is 8.30. The van der Waals surface area contributed by atoms with Gasteiger partial charge in [0.15, 0.2) is 14.2 Å². The quantitative estimate of drug-likeness (QED) is 0.163. The lowest BCUT2D eigenvalue weighted by molar-refractivity contribution is 0.402. The molecule has 1 aliphatic rings. The molecule has 0 amide bonds. The average molecular weight is 702 g/mol. The Balaban J connectivity index is 1.22. The van der Waals surface area contributed by atoms with Crippen LogP contribution in [0.1, 0.15) is 17.3 Å². The van der Waals surface area contributed by atoms with E-state index in [1.165, 1.54) is 20.7 Å². The fraction of sp³-hybridized carbons (Fsp3) is 0.0213. The topological polar surface area (TPSA) is 39.9 Å². The molecule has 10 rings (SSSR count). The Morgan fingerprint density at radius 1 is 0.566 bits per heavy atom. The van der Waals surface area contributed by atoms with Crippen LogP contribution in [0.15, 0.2) is 188 Å². The Morgan fingerprint density at radius 3 is 2.04 bits per heavy atom. The summed E-state index contributed by atoms with van der Waals surface area (Å²) in [5.41, 5.74) is 5.49. The fourth-order valence-corrected chi connectivity index (χ4v) is 13.5. The Kier molecular flexibility index (Phi) is 7.37. The summed E-state index contributed by atoms with van der Waals surface area (Å²) in [7, 11) is -2.98. The van der Waals surface area contributed by atoms with E-state index in [1.807, 2.05) is 85.1 Å². The lowest BCUT2D eigenvalue weighted by Gasteiger charge is -2.40. The highest BCUT2D eigenvalue weighted by atomic mass is 28.3. The smallest absolute Gasteiger partial charge is 0.189 e. The third-order valence-corrected chi connectivity index (χ3v) is 15.4. The minimum atomic E-state index is -2.98. The number of benzene rings is 6. The molecule has 0 fully saturated rings. The van der Waals surface area contributed by atoms with Crippen LogP contribution in [0.5, 0.6) is 11.5 Å². The van der Waals surface area contributed by atoms with Gasteiger partial charge in [-0.05, 0) is 87.4 Å². The highest BCUT2D eigenvalue weighted by Gasteiger charge is 2.49. The van der Waals surface area contributed by atoms with Gasteiger partial charge >= 0.3 is 0 Å². The van der Waals surface area contributed by atoms with Gasteiger partial charge in [0, 0.05) is 39.6 Å². The maximum Gasteiger partial charge on any atom is 0.189 e. The summed E-state index contributed by atoms with van der Waals surface area (Å²) in [6.45, 7) is 0. The van der Waals surface area contributed by atoms with Crippen molar-refractivity contribution in [2.45, 2.75) is 6.17 Å². The van der Waals surface area contributed by atoms with Gasteiger partial charge in [-0.25, -0.2) is 9.37 Å². The van der Waals surface area contributed by atoms with Crippen LogP contribution >= 0.6 is 0 Å². The predicted molar refractivity (Wildman–Crippen MR) is 215 cm³/mol. The second kappa shape index (κ2) is 12.5. The zero-order valence-corrected chi connectivity index (χ0v) is 29.6. The van der Waals surface area contributed by atoms with Crippen LogP contribution in [0, 0.1) is 0 Å². The number of nitrogens with zero attached hydrogens (tertiary/aromatic N) is 3. The van der Waals surface area contributed by atoms with Crippen molar-refractivity contribution in [2.24, 2.45) is 0 Å². The highest BCUT2D eigenvalue weighted by Crippen LogP contribution is 2.39. The van der Waals surface area contributed by atoms with Gasteiger partial charge in [-0.15, -0.1) is 0 Å². The SMILES string of the molecule is FC(c1cccc(-c2ccccn2)c1)c1cccc(-n2c3ccc4c(c3c3cccnc32)[Si](c2ccccc2)(c2ccccc2)c2ccccc2O4)c1. The Hall–Kier alpha value is -6.63. The van der Waals surface area contributed by atoms with E-state index >= 15 is 4.39 Å². The van der Waals surface area contributed by atoms with Crippen molar-refractivity contribution in [2.75, 3.05) is 0 Å². The third-order valence-electron chi connectivity index (χ3n) is 10.5. The maximum absolute atomic E-state index is 16.6. The van der Waals surface area contributed by atoms with Gasteiger partial charge in [0.25, 0.3) is 0 Å². The average Bonchev–Trinajstić information content (AvgIpc) is 3.58. The second-order valence-corrected chi connectivity index (χ2v) is 17.1. The number of ether oxygens (including phenoxy) is 1. The first-order chi connectivity index (χ1) is 26.2. The number of alkyl halides is 1. The van der Waals surface area contributed by atoms with E-state index in [4.69, 9.17) is 9.72 Å². The van der Waals surface area contributed by atoms with Gasteiger partial charge in [0.2, 0.25) is 0 Å². The van der Waals surface area contributed by atoms with Crippen LogP contribution in [0.3, 0.4) is 0 Å². The number of pyridine rings is 2. The summed E-state index contributed by atoms with van der Waals surface area (Å²) in [6.07, 6.45) is 2.25. The maximum atomic E-state index is 16.6. The normalized spacial score (nSPS) is 13.6. The lowest BCUT2D eigenvalue weighted by atomic mass is 9.99. The molecule has 1 atom stereocenters. The molecule has 3 aromatic heterocycles. The van der Waals surface area contributed by atoms with Crippen LogP contribution in [-0.2, 0) is 0 Å². The number of hydrogen-bond donors (Lipinski definition) is 0. The minimum absolute atomic E-state index is 0.569. The zero-order valence-electron chi connectivity index (χ0n) is 28.6. The van der Waals surface area contributed by atoms with Crippen molar-refractivity contribution in [3.8, 4) is 28.4 Å². The van der Waals surface area contributed by atoms with Gasteiger partial charge in [0.1, 0.15) is 17.1 Å². The number of halogens is 1. The van der Waals surface area contributed by atoms with Crippen LogP contribution in [0.25, 0.3) is 38.9 Å². The molecule has 0 radical (unpaired) electrons. The standard InChI is InChI=1S/C47H32FN3OSi/c48-45(33-15-11-14-32(30-33)39-23-9-10-28-49-39)34-16-12-17-35(31-34)51-40-26-27-42-46(44(40)38-22-13-29-50-47(38)51)53(36-18-3-1-4-19-36,37-20-5-2-6-21-37)43-25-8-7-24-41(43)52-42/h1-31,45H. The van der Waals surface area contributed by atoms with Gasteiger partial charge in [-0.2, -0.15) is 0 Å². The van der Waals surface area contributed by atoms with Gasteiger partial charge in [-0.1, -0.05) is 115 Å². The van der Waals surface area contributed by atoms with Crippen molar-refractivity contribution in [1.29, 1.82) is 0 Å². The molecule has 53 heavy (non-hydrogen) atoms. The second-order valence-electron chi connectivity index (χ2n) is 13.4. The van der Waals surface area contributed by atoms with E-state index in [0.717, 1.165) is 50.4 Å². The summed E-state index contributed by atoms with van der Waals surface area (Å²) < 4.78 is 25.6. The number of fused-ring (bicyclic) bond motifs is 6. The zero-order chi connectivity index (χ0) is 35.4. The molecule has 9 aromatic rings. The van der Waals surface area contributed by atoms with Crippen LogP contribution in [0.2, 0.25) is 0 Å². The summed E-state index contributed by atoms with van der Waals surface area (Å²) in [4.78, 5) is 9.48. The van der Waals surface area contributed by atoms with E-state index in [0.29, 0.717) is 11.1 Å². The van der Waals surface area contributed by atoms with Crippen molar-refractivity contribution in [3.05, 3.63) is 199 Å². The Bertz CT molecular complexity index is 2750. The molecule has 4 nitrogen and oxygen atoms in total. The summed E-state index contributed by atoms with van der Waals surface area (Å²) in [5.74, 6) is 1.73. The molecule has 1 unspecified atom stereocenters. The predicted octanol–water partition coefficient (Wildman–Crippen LogP) is 8.78. The van der Waals surface area contributed by atoms with E-state index in [-0.39, 0.29) is 0 Å². The number of para-hydroxylation sites is 1. The molecule has 0 saturated heterocycles. The Morgan fingerprint density at radius 2 is 1.26 bits per heavy atom. The molecule has 6 heteroatoms. The van der Waals surface area contributed by atoms with Gasteiger partial charge in [0.05, 0.1) is 11.2 Å². The van der Waals surface area contributed by atoms with E-state index in [9.17, 15) is 0 Å². The van der Waals surface area contributed by atoms with Crippen molar-refractivity contribution < 1.29 is 9.13 Å². The lowest BCUT2D eigenvalue weighted by Crippen LogP contribution is -2.76. The molecular formula is C47H32FN3OSi. The van der Waals surface area contributed by atoms with Crippen LogP contribution in [0.4, 0.5) is 4.39 Å². The molecule has 0 saturated carbocycles. The summed E-state index contributed by atoms with van der Waals surface area (Å²) in [5, 5.41) is 7.07. The third kappa shape index (κ3) is 4.87. The molecule has 0 spiro atoms. The molecule has 0 bridgehead atoms. The molecule has 252 valence electrons. The number of rotatable bonds is 6. The molecular weight excluding hydrogens is 670 g/mol. The highest BCUT2D eigenvalue weighted by molar-refractivity contribution is 7.21. The Labute approximate surface area is 307 Å². The first kappa shape index (κ1) is 31.1. The molecule has 4 heterocycles. The van der Waals surface area contributed by atoms with Gasteiger partial charge < -0.3 is 4.74 Å². The largest absolute Gasteiger partial charge is 0.458 e. The van der Waals surface area contributed by atoms with E-state index < -0.39 is 14.2 Å². The van der Waals surface area contributed by atoms with Crippen molar-refractivity contribution in [1.82, 2.24) is 14.5 Å². The van der Waals surface area contributed by atoms with Crippen LogP contribution < -0.4 is 25.5 Å². The first-order valence-corrected chi connectivity index (χ1v) is 19.8. The van der Waals surface area contributed by atoms with Gasteiger partial charge in [-0.3, -0.25) is 9.55 Å². The molecule has 1 aliphatic heterocycles. The summed E-state index contributed by atoms with van der Waals surface area (Å²) in [6, 6.07) is 59.9. The first-order valence-electron chi connectivity index (χ1n) is 17.8. The van der Waals surface area contributed by atoms with Crippen LogP contribution in [-0.4, -0.2) is 22.6 Å². The van der Waals surface area contributed by atoms with E-state index in [2.05, 4.69) is 107 Å². The summed E-state index contributed by atoms with van der Waals surface area (Å²) >= 11 is 0. The van der Waals surface area contributed by atoms with Crippen molar-refractivity contribution >= 4 is 50.8 Å². The monoisotopic (exact) mass is 701 g/mol. The number of hydrogen-bond acceptors (Lipinski definition) is 3. The molecule has 0 aliphatic carbocycles.